The second kappa shape index (κ2) is 6.16. The fraction of sp³-hybridized carbons (Fsp3) is 0.444. The standard InChI is InChI=1S/C18H23N3O2/c1-18(2,3)16-9-14(20-23-16)11-21-12-17(22)19-10-15(21)13-7-5-4-6-8-13/h4-9,15H,10-12H2,1-3H3,(H,19,22)/t15-/m0/s1. The molecule has 1 aliphatic heterocycles. The molecule has 1 atom stereocenters. The highest BCUT2D eigenvalue weighted by atomic mass is 16.5. The number of piperazine rings is 1. The quantitative estimate of drug-likeness (QED) is 0.946. The molecule has 2 aromatic rings. The molecule has 1 N–H and O–H groups in total. The molecule has 1 aromatic heterocycles. The van der Waals surface area contributed by atoms with E-state index in [4.69, 9.17) is 4.52 Å². The predicted molar refractivity (Wildman–Crippen MR) is 87.8 cm³/mol. The number of rotatable bonds is 3. The Hall–Kier alpha value is -2.14. The van der Waals surface area contributed by atoms with Crippen LogP contribution in [0, 0.1) is 0 Å². The van der Waals surface area contributed by atoms with Gasteiger partial charge in [-0.05, 0) is 5.56 Å². The summed E-state index contributed by atoms with van der Waals surface area (Å²) in [5.74, 6) is 0.918. The molecule has 0 radical (unpaired) electrons. The van der Waals surface area contributed by atoms with E-state index in [9.17, 15) is 4.79 Å². The van der Waals surface area contributed by atoms with Crippen molar-refractivity contribution < 1.29 is 9.32 Å². The van der Waals surface area contributed by atoms with Crippen molar-refractivity contribution >= 4 is 5.91 Å². The lowest BCUT2D eigenvalue weighted by Crippen LogP contribution is -2.49. The van der Waals surface area contributed by atoms with Crippen LogP contribution < -0.4 is 5.32 Å². The van der Waals surface area contributed by atoms with E-state index in [2.05, 4.69) is 48.3 Å². The molecule has 0 bridgehead atoms. The third-order valence-corrected chi connectivity index (χ3v) is 4.13. The van der Waals surface area contributed by atoms with Crippen LogP contribution in [0.5, 0.6) is 0 Å². The van der Waals surface area contributed by atoms with Crippen LogP contribution in [0.1, 0.15) is 43.8 Å². The summed E-state index contributed by atoms with van der Waals surface area (Å²) in [7, 11) is 0. The first-order valence-corrected chi connectivity index (χ1v) is 7.95. The fourth-order valence-corrected chi connectivity index (χ4v) is 2.81. The zero-order chi connectivity index (χ0) is 16.4. The maximum Gasteiger partial charge on any atom is 0.234 e. The Bertz CT molecular complexity index is 673. The maximum absolute atomic E-state index is 11.8. The molecule has 5 heteroatoms. The Morgan fingerprint density at radius 3 is 2.70 bits per heavy atom. The Labute approximate surface area is 136 Å². The number of nitrogens with zero attached hydrogens (tertiary/aromatic N) is 2. The normalized spacial score (nSPS) is 19.6. The number of nitrogens with one attached hydrogen (secondary N) is 1. The molecule has 0 spiro atoms. The van der Waals surface area contributed by atoms with Crippen LogP contribution in [0.2, 0.25) is 0 Å². The number of carbonyl (C=O) groups excluding carboxylic acids is 1. The molecule has 0 saturated carbocycles. The molecule has 2 heterocycles. The van der Waals surface area contributed by atoms with Gasteiger partial charge in [-0.2, -0.15) is 0 Å². The van der Waals surface area contributed by atoms with Crippen LogP contribution in [-0.2, 0) is 16.8 Å². The lowest BCUT2D eigenvalue weighted by atomic mass is 9.93. The first kappa shape index (κ1) is 15.7. The van der Waals surface area contributed by atoms with Crippen molar-refractivity contribution in [1.29, 1.82) is 0 Å². The minimum Gasteiger partial charge on any atom is -0.361 e. The summed E-state index contributed by atoms with van der Waals surface area (Å²) in [6, 6.07) is 12.4. The van der Waals surface area contributed by atoms with Gasteiger partial charge in [-0.1, -0.05) is 56.3 Å². The molecule has 0 unspecified atom stereocenters. The van der Waals surface area contributed by atoms with Crippen molar-refractivity contribution in [3.63, 3.8) is 0 Å². The summed E-state index contributed by atoms with van der Waals surface area (Å²) in [6.45, 7) is 7.88. The summed E-state index contributed by atoms with van der Waals surface area (Å²) in [5.41, 5.74) is 2.00. The molecule has 23 heavy (non-hydrogen) atoms. The van der Waals surface area contributed by atoms with Crippen LogP contribution in [0.15, 0.2) is 40.9 Å². The SMILES string of the molecule is CC(C)(C)c1cc(CN2CC(=O)NC[C@H]2c2ccccc2)no1. The van der Waals surface area contributed by atoms with E-state index in [-0.39, 0.29) is 17.4 Å². The van der Waals surface area contributed by atoms with Gasteiger partial charge >= 0.3 is 0 Å². The molecule has 5 nitrogen and oxygen atoms in total. The number of hydrogen-bond donors (Lipinski definition) is 1. The van der Waals surface area contributed by atoms with Gasteiger partial charge < -0.3 is 9.84 Å². The predicted octanol–water partition coefficient (Wildman–Crippen LogP) is 2.65. The van der Waals surface area contributed by atoms with E-state index in [1.165, 1.54) is 5.56 Å². The Morgan fingerprint density at radius 1 is 1.30 bits per heavy atom. The largest absolute Gasteiger partial charge is 0.361 e. The molecule has 1 fully saturated rings. The second-order valence-corrected chi connectivity index (χ2v) is 7.07. The van der Waals surface area contributed by atoms with E-state index in [0.29, 0.717) is 19.6 Å². The van der Waals surface area contributed by atoms with Gasteiger partial charge in [0.15, 0.2) is 0 Å². The Kier molecular flexibility index (Phi) is 4.22. The third kappa shape index (κ3) is 3.62. The highest BCUT2D eigenvalue weighted by Gasteiger charge is 2.29. The van der Waals surface area contributed by atoms with Crippen LogP contribution in [0.4, 0.5) is 0 Å². The fourth-order valence-electron chi connectivity index (χ4n) is 2.81. The number of hydrogen-bond acceptors (Lipinski definition) is 4. The van der Waals surface area contributed by atoms with Crippen molar-refractivity contribution in [2.75, 3.05) is 13.1 Å². The molecule has 1 saturated heterocycles. The van der Waals surface area contributed by atoms with Gasteiger partial charge in [0.05, 0.1) is 18.3 Å². The number of aromatic nitrogens is 1. The van der Waals surface area contributed by atoms with E-state index in [0.717, 1.165) is 11.5 Å². The minimum atomic E-state index is -0.0661. The summed E-state index contributed by atoms with van der Waals surface area (Å²) in [6.07, 6.45) is 0. The average molecular weight is 313 g/mol. The number of benzene rings is 1. The molecule has 3 rings (SSSR count). The van der Waals surface area contributed by atoms with E-state index in [1.807, 2.05) is 24.3 Å². The molecule has 1 aromatic carbocycles. The molecule has 122 valence electrons. The minimum absolute atomic E-state index is 0.0525. The van der Waals surface area contributed by atoms with E-state index in [1.54, 1.807) is 0 Å². The van der Waals surface area contributed by atoms with Gasteiger partial charge in [-0.25, -0.2) is 0 Å². The zero-order valence-electron chi connectivity index (χ0n) is 13.9. The second-order valence-electron chi connectivity index (χ2n) is 7.07. The number of carbonyl (C=O) groups is 1. The van der Waals surface area contributed by atoms with Gasteiger partial charge in [-0.3, -0.25) is 9.69 Å². The maximum atomic E-state index is 11.8. The topological polar surface area (TPSA) is 58.4 Å². The molecule has 1 aliphatic rings. The highest BCUT2D eigenvalue weighted by molar-refractivity contribution is 5.79. The molecular weight excluding hydrogens is 290 g/mol. The van der Waals surface area contributed by atoms with Crippen molar-refractivity contribution in [3.8, 4) is 0 Å². The Balaban J connectivity index is 1.80. The number of amides is 1. The average Bonchev–Trinajstić information content (AvgIpc) is 2.97. The highest BCUT2D eigenvalue weighted by Crippen LogP contribution is 2.26. The monoisotopic (exact) mass is 313 g/mol. The molecule has 1 amide bonds. The van der Waals surface area contributed by atoms with Crippen molar-refractivity contribution in [2.45, 2.75) is 38.8 Å². The van der Waals surface area contributed by atoms with Gasteiger partial charge in [0, 0.05) is 24.6 Å². The van der Waals surface area contributed by atoms with Crippen molar-refractivity contribution in [2.24, 2.45) is 0 Å². The molecular formula is C18H23N3O2. The van der Waals surface area contributed by atoms with Crippen LogP contribution in [0.3, 0.4) is 0 Å². The summed E-state index contributed by atoms with van der Waals surface area (Å²) >= 11 is 0. The first-order valence-electron chi connectivity index (χ1n) is 7.95. The van der Waals surface area contributed by atoms with E-state index < -0.39 is 0 Å². The summed E-state index contributed by atoms with van der Waals surface area (Å²) in [4.78, 5) is 14.0. The summed E-state index contributed by atoms with van der Waals surface area (Å²) in [5, 5.41) is 7.13. The zero-order valence-corrected chi connectivity index (χ0v) is 13.9. The van der Waals surface area contributed by atoms with Crippen molar-refractivity contribution in [1.82, 2.24) is 15.4 Å². The van der Waals surface area contributed by atoms with Crippen LogP contribution >= 0.6 is 0 Å². The van der Waals surface area contributed by atoms with E-state index >= 15 is 0 Å². The smallest absolute Gasteiger partial charge is 0.234 e. The van der Waals surface area contributed by atoms with Gasteiger partial charge in [0.1, 0.15) is 5.76 Å². The lowest BCUT2D eigenvalue weighted by molar-refractivity contribution is -0.125. The molecule has 0 aliphatic carbocycles. The van der Waals surface area contributed by atoms with Crippen molar-refractivity contribution in [3.05, 3.63) is 53.4 Å². The van der Waals surface area contributed by atoms with Gasteiger partial charge in [-0.15, -0.1) is 0 Å². The first-order chi connectivity index (χ1) is 10.9. The lowest BCUT2D eigenvalue weighted by Gasteiger charge is -2.35. The van der Waals surface area contributed by atoms with Crippen LogP contribution in [0.25, 0.3) is 0 Å². The third-order valence-electron chi connectivity index (χ3n) is 4.13. The summed E-state index contributed by atoms with van der Waals surface area (Å²) < 4.78 is 5.46. The van der Waals surface area contributed by atoms with Gasteiger partial charge in [0.25, 0.3) is 0 Å². The Morgan fingerprint density at radius 2 is 2.04 bits per heavy atom. The van der Waals surface area contributed by atoms with Gasteiger partial charge in [0.2, 0.25) is 5.91 Å². The van der Waals surface area contributed by atoms with Crippen LogP contribution in [-0.4, -0.2) is 29.1 Å².